The summed E-state index contributed by atoms with van der Waals surface area (Å²) in [6.07, 6.45) is 7.32. The molecule has 6 rings (SSSR count). The zero-order chi connectivity index (χ0) is 37.3. The van der Waals surface area contributed by atoms with Crippen LogP contribution in [0.25, 0.3) is 22.4 Å². The fourth-order valence-corrected chi connectivity index (χ4v) is 7.55. The molecular weight excluding hydrogens is 668 g/mol. The molecule has 1 saturated carbocycles. The van der Waals surface area contributed by atoms with Crippen LogP contribution in [0.2, 0.25) is 0 Å². The van der Waals surface area contributed by atoms with Gasteiger partial charge in [-0.15, -0.1) is 0 Å². The number of ether oxygens (including phenoxy) is 7. The fraction of sp³-hybridized carbons (Fsp3) is 0.341. The molecule has 0 N–H and O–H groups in total. The van der Waals surface area contributed by atoms with Crippen molar-refractivity contribution in [1.29, 1.82) is 0 Å². The maximum absolute atomic E-state index is 5.90. The zero-order valence-corrected chi connectivity index (χ0v) is 31.8. The lowest BCUT2D eigenvalue weighted by Crippen LogP contribution is -2.38. The highest BCUT2D eigenvalue weighted by Gasteiger charge is 2.28. The number of hydrogen-bond donors (Lipinski definition) is 0. The van der Waals surface area contributed by atoms with E-state index in [1.807, 2.05) is 36.5 Å². The van der Waals surface area contributed by atoms with Crippen molar-refractivity contribution >= 4 is 5.69 Å². The lowest BCUT2D eigenvalue weighted by molar-refractivity contribution is 0.310. The number of aromatic nitrogens is 1. The Labute approximate surface area is 313 Å². The van der Waals surface area contributed by atoms with Gasteiger partial charge in [0.05, 0.1) is 61.1 Å². The van der Waals surface area contributed by atoms with Crippen LogP contribution in [0, 0.1) is 5.92 Å². The number of hydrogen-bond acceptors (Lipinski definition) is 9. The van der Waals surface area contributed by atoms with E-state index in [1.54, 1.807) is 49.8 Å². The van der Waals surface area contributed by atoms with Crippen LogP contribution in [0.1, 0.15) is 36.8 Å². The molecule has 1 aliphatic rings. The number of para-hydroxylation sites is 2. The summed E-state index contributed by atoms with van der Waals surface area (Å²) >= 11 is 0. The minimum atomic E-state index is 0.361. The summed E-state index contributed by atoms with van der Waals surface area (Å²) in [5, 5.41) is 0. The number of benzene rings is 4. The Balaban J connectivity index is 1.21. The van der Waals surface area contributed by atoms with Gasteiger partial charge >= 0.3 is 0 Å². The van der Waals surface area contributed by atoms with Crippen molar-refractivity contribution in [2.45, 2.75) is 44.7 Å². The largest absolute Gasteiger partial charge is 0.495 e. The molecule has 1 aliphatic carbocycles. The maximum Gasteiger partial charge on any atom is 0.203 e. The molecule has 1 fully saturated rings. The predicted octanol–water partition coefficient (Wildman–Crippen LogP) is 9.28. The van der Waals surface area contributed by atoms with Gasteiger partial charge in [0.25, 0.3) is 0 Å². The van der Waals surface area contributed by atoms with Crippen LogP contribution in [-0.2, 0) is 13.0 Å². The minimum Gasteiger partial charge on any atom is -0.495 e. The van der Waals surface area contributed by atoms with Crippen LogP contribution < -0.4 is 38.1 Å². The van der Waals surface area contributed by atoms with Gasteiger partial charge in [-0.05, 0) is 115 Å². The molecule has 53 heavy (non-hydrogen) atoms. The van der Waals surface area contributed by atoms with Crippen molar-refractivity contribution in [1.82, 2.24) is 4.98 Å². The third kappa shape index (κ3) is 8.25. The van der Waals surface area contributed by atoms with Gasteiger partial charge in [-0.3, -0.25) is 4.98 Å². The second kappa shape index (κ2) is 17.3. The van der Waals surface area contributed by atoms with Gasteiger partial charge < -0.3 is 38.1 Å². The molecule has 0 amide bonds. The average Bonchev–Trinajstić information content (AvgIpc) is 3.22. The molecular formula is C44H50N2O7. The van der Waals surface area contributed by atoms with E-state index in [9.17, 15) is 0 Å². The molecule has 0 saturated heterocycles. The topological polar surface area (TPSA) is 80.7 Å². The first-order chi connectivity index (χ1) is 25.9. The van der Waals surface area contributed by atoms with Crippen molar-refractivity contribution in [3.05, 3.63) is 102 Å². The van der Waals surface area contributed by atoms with Gasteiger partial charge in [0, 0.05) is 24.3 Å². The molecule has 0 atom stereocenters. The van der Waals surface area contributed by atoms with Gasteiger partial charge in [-0.1, -0.05) is 30.3 Å². The molecule has 9 nitrogen and oxygen atoms in total. The number of methoxy groups -OCH3 is 7. The predicted molar refractivity (Wildman–Crippen MR) is 209 cm³/mol. The standard InChI is InChI=1S/C44H50N2O7/c1-47-38-14-9-8-13-37(38)46(28-31-11-10-12-32(22-31)33-24-39(48-2)43(52-6)40(25-33)49-3)35-17-15-29(16-18-35)21-30-19-20-45-36(23-30)34-26-41(50-4)44(53-7)42(27-34)51-5/h8-14,19-20,22-27,29,35H,15-18,21,28H2,1-7H3. The van der Waals surface area contributed by atoms with Crippen molar-refractivity contribution in [3.63, 3.8) is 0 Å². The fourth-order valence-electron chi connectivity index (χ4n) is 7.55. The lowest BCUT2D eigenvalue weighted by Gasteiger charge is -2.39. The van der Waals surface area contributed by atoms with Gasteiger partial charge in [0.15, 0.2) is 23.0 Å². The summed E-state index contributed by atoms with van der Waals surface area (Å²) in [4.78, 5) is 7.24. The third-order valence-corrected chi connectivity index (χ3v) is 10.2. The Kier molecular flexibility index (Phi) is 12.1. The molecule has 0 radical (unpaired) electrons. The third-order valence-electron chi connectivity index (χ3n) is 10.2. The van der Waals surface area contributed by atoms with Crippen LogP contribution in [-0.4, -0.2) is 60.8 Å². The smallest absolute Gasteiger partial charge is 0.203 e. The maximum atomic E-state index is 5.90. The van der Waals surface area contributed by atoms with Gasteiger partial charge in [0.1, 0.15) is 5.75 Å². The van der Waals surface area contributed by atoms with Crippen molar-refractivity contribution in [3.8, 4) is 62.6 Å². The van der Waals surface area contributed by atoms with Crippen LogP contribution in [0.4, 0.5) is 5.69 Å². The Hall–Kier alpha value is -5.57. The quantitative estimate of drug-likeness (QED) is 0.105. The first-order valence-electron chi connectivity index (χ1n) is 18.0. The van der Waals surface area contributed by atoms with E-state index in [4.69, 9.17) is 38.1 Å². The number of rotatable bonds is 15. The number of pyridine rings is 1. The highest BCUT2D eigenvalue weighted by Crippen LogP contribution is 2.43. The average molecular weight is 719 g/mol. The Morgan fingerprint density at radius 2 is 1.11 bits per heavy atom. The van der Waals surface area contributed by atoms with Gasteiger partial charge in [-0.25, -0.2) is 0 Å². The van der Waals surface area contributed by atoms with E-state index in [1.165, 1.54) is 11.1 Å². The summed E-state index contributed by atoms with van der Waals surface area (Å²) in [6, 6.07) is 29.6. The van der Waals surface area contributed by atoms with Gasteiger partial charge in [0.2, 0.25) is 11.5 Å². The molecule has 0 spiro atoms. The van der Waals surface area contributed by atoms with Crippen molar-refractivity contribution < 1.29 is 33.2 Å². The van der Waals surface area contributed by atoms with E-state index in [0.29, 0.717) is 46.5 Å². The first-order valence-corrected chi connectivity index (χ1v) is 18.0. The Morgan fingerprint density at radius 1 is 0.528 bits per heavy atom. The van der Waals surface area contributed by atoms with E-state index in [0.717, 1.165) is 72.5 Å². The molecule has 0 unspecified atom stereocenters. The van der Waals surface area contributed by atoms with Gasteiger partial charge in [-0.2, -0.15) is 0 Å². The lowest BCUT2D eigenvalue weighted by atomic mass is 9.81. The van der Waals surface area contributed by atoms with Crippen molar-refractivity contribution in [2.24, 2.45) is 5.92 Å². The van der Waals surface area contributed by atoms with Crippen molar-refractivity contribution in [2.75, 3.05) is 54.7 Å². The minimum absolute atomic E-state index is 0.361. The molecule has 0 bridgehead atoms. The molecule has 4 aromatic carbocycles. The summed E-state index contributed by atoms with van der Waals surface area (Å²) in [5.74, 6) is 5.08. The van der Waals surface area contributed by atoms with Crippen LogP contribution in [0.3, 0.4) is 0 Å². The normalized spacial score (nSPS) is 15.3. The van der Waals surface area contributed by atoms with E-state index in [2.05, 4.69) is 59.5 Å². The summed E-state index contributed by atoms with van der Waals surface area (Å²) < 4.78 is 39.5. The highest BCUT2D eigenvalue weighted by atomic mass is 16.5. The Morgan fingerprint density at radius 3 is 1.70 bits per heavy atom. The van der Waals surface area contributed by atoms with Crippen LogP contribution in [0.5, 0.6) is 40.2 Å². The molecule has 5 aromatic rings. The second-order valence-corrected chi connectivity index (χ2v) is 13.3. The monoisotopic (exact) mass is 718 g/mol. The molecule has 1 heterocycles. The zero-order valence-electron chi connectivity index (χ0n) is 31.8. The Bertz CT molecular complexity index is 1940. The summed E-state index contributed by atoms with van der Waals surface area (Å²) in [7, 11) is 11.5. The molecule has 9 heteroatoms. The van der Waals surface area contributed by atoms with Crippen LogP contribution in [0.15, 0.2) is 91.1 Å². The van der Waals surface area contributed by atoms with Crippen LogP contribution >= 0.6 is 0 Å². The highest BCUT2D eigenvalue weighted by molar-refractivity contribution is 5.72. The first kappa shape index (κ1) is 37.2. The summed E-state index contributed by atoms with van der Waals surface area (Å²) in [6.45, 7) is 0.746. The summed E-state index contributed by atoms with van der Waals surface area (Å²) in [5.41, 5.74) is 7.47. The molecule has 278 valence electrons. The molecule has 0 aliphatic heterocycles. The second-order valence-electron chi connectivity index (χ2n) is 13.3. The number of anilines is 1. The SMILES string of the molecule is COc1ccccc1N(Cc1cccc(-c2cc(OC)c(OC)c(OC)c2)c1)C1CCC(Cc2ccnc(-c3cc(OC)c(OC)c(OC)c3)c2)CC1. The van der Waals surface area contributed by atoms with E-state index < -0.39 is 0 Å². The van der Waals surface area contributed by atoms with E-state index >= 15 is 0 Å². The molecule has 1 aromatic heterocycles. The number of nitrogens with zero attached hydrogens (tertiary/aromatic N) is 2. The van der Waals surface area contributed by atoms with E-state index in [-0.39, 0.29) is 0 Å².